The average molecular weight is 416 g/mol. The maximum atomic E-state index is 12.9. The molecule has 2 aromatic rings. The highest BCUT2D eigenvalue weighted by atomic mass is 16.4. The number of anilines is 1. The number of carboxylic acid groups (broad SMARTS) is 1. The van der Waals surface area contributed by atoms with Crippen LogP contribution in [-0.4, -0.2) is 57.1 Å². The van der Waals surface area contributed by atoms with Crippen molar-refractivity contribution in [2.75, 3.05) is 11.4 Å². The second kappa shape index (κ2) is 8.39. The van der Waals surface area contributed by atoms with E-state index in [1.165, 1.54) is 4.90 Å². The number of hydrogen-bond donors (Lipinski definition) is 4. The predicted molar refractivity (Wildman–Crippen MR) is 108 cm³/mol. The van der Waals surface area contributed by atoms with Gasteiger partial charge >= 0.3 is 12.0 Å². The molecule has 2 atom stereocenters. The first kappa shape index (κ1) is 21.1. The molecule has 4 amide bonds. The normalized spacial score (nSPS) is 15.0. The van der Waals surface area contributed by atoms with E-state index in [-0.39, 0.29) is 5.92 Å². The summed E-state index contributed by atoms with van der Waals surface area (Å²) < 4.78 is 1.92. The van der Waals surface area contributed by atoms with E-state index in [1.54, 1.807) is 13.8 Å². The molecule has 0 unspecified atom stereocenters. The Labute approximate surface area is 172 Å². The van der Waals surface area contributed by atoms with Crippen LogP contribution in [0.4, 0.5) is 10.7 Å². The van der Waals surface area contributed by atoms with E-state index in [9.17, 15) is 24.3 Å². The Balaban J connectivity index is 1.74. The van der Waals surface area contributed by atoms with Crippen LogP contribution in [0.3, 0.4) is 0 Å². The Morgan fingerprint density at radius 1 is 1.17 bits per heavy atom. The molecule has 2 heterocycles. The molecule has 11 nitrogen and oxygen atoms in total. The fourth-order valence-corrected chi connectivity index (χ4v) is 3.39. The maximum absolute atomic E-state index is 12.9. The molecule has 0 fully saturated rings. The summed E-state index contributed by atoms with van der Waals surface area (Å²) in [7, 11) is 0. The number of aliphatic carboxylic acids is 1. The molecular formula is C19H24N6O5. The first-order chi connectivity index (χ1) is 14.2. The van der Waals surface area contributed by atoms with Gasteiger partial charge < -0.3 is 26.0 Å². The smallest absolute Gasteiger partial charge is 0.326 e. The van der Waals surface area contributed by atoms with Crippen molar-refractivity contribution >= 4 is 40.8 Å². The van der Waals surface area contributed by atoms with Gasteiger partial charge in [0.25, 0.3) is 0 Å². The zero-order chi connectivity index (χ0) is 22.0. The van der Waals surface area contributed by atoms with Gasteiger partial charge in [0.05, 0.1) is 17.5 Å². The number of imidazole rings is 1. The van der Waals surface area contributed by atoms with Crippen molar-refractivity contribution in [2.45, 2.75) is 38.9 Å². The van der Waals surface area contributed by atoms with Crippen LogP contribution >= 0.6 is 0 Å². The van der Waals surface area contributed by atoms with Gasteiger partial charge in [0.2, 0.25) is 17.8 Å². The van der Waals surface area contributed by atoms with Crippen LogP contribution in [0.2, 0.25) is 0 Å². The van der Waals surface area contributed by atoms with E-state index in [0.29, 0.717) is 19.0 Å². The number of amides is 4. The number of carbonyl (C=O) groups excluding carboxylic acids is 3. The van der Waals surface area contributed by atoms with Gasteiger partial charge in [-0.2, -0.15) is 0 Å². The molecule has 3 rings (SSSR count). The molecule has 0 aliphatic carbocycles. The average Bonchev–Trinajstić information content (AvgIpc) is 3.23. The summed E-state index contributed by atoms with van der Waals surface area (Å²) in [6.07, 6.45) is -0.546. The number of fused-ring (bicyclic) bond motifs is 3. The summed E-state index contributed by atoms with van der Waals surface area (Å²) in [5.74, 6) is -2.81. The standard InChI is InChI=1S/C19H24N6O5/c1-10(2)15(16(27)21-12(17(28)29)9-14(20)26)23-19(30)25-8-7-24-13-6-4-3-5-11(13)22-18(24)25/h3-6,10,12,15H,7-9H2,1-2H3,(H2,20,26)(H,21,27)(H,23,30)(H,28,29)/t12-,15-/m0/s1. The molecule has 0 saturated carbocycles. The highest BCUT2D eigenvalue weighted by molar-refractivity contribution is 5.97. The molecular weight excluding hydrogens is 392 g/mol. The first-order valence-corrected chi connectivity index (χ1v) is 9.53. The fourth-order valence-electron chi connectivity index (χ4n) is 3.39. The summed E-state index contributed by atoms with van der Waals surface area (Å²) >= 11 is 0. The van der Waals surface area contributed by atoms with Crippen molar-refractivity contribution < 1.29 is 24.3 Å². The monoisotopic (exact) mass is 416 g/mol. The van der Waals surface area contributed by atoms with E-state index in [2.05, 4.69) is 15.6 Å². The van der Waals surface area contributed by atoms with Gasteiger partial charge in [-0.1, -0.05) is 26.0 Å². The van der Waals surface area contributed by atoms with Gasteiger partial charge in [0, 0.05) is 13.1 Å². The molecule has 1 aliphatic heterocycles. The zero-order valence-electron chi connectivity index (χ0n) is 16.7. The molecule has 30 heavy (non-hydrogen) atoms. The number of urea groups is 1. The van der Waals surface area contributed by atoms with Gasteiger partial charge in [0.15, 0.2) is 0 Å². The summed E-state index contributed by atoms with van der Waals surface area (Å²) in [6, 6.07) is 4.53. The SMILES string of the molecule is CC(C)[C@H](NC(=O)N1CCn2c1nc1ccccc12)C(=O)N[C@@H](CC(N)=O)C(=O)O. The number of primary amides is 1. The summed E-state index contributed by atoms with van der Waals surface area (Å²) in [5, 5.41) is 14.1. The highest BCUT2D eigenvalue weighted by Gasteiger charge is 2.33. The topological polar surface area (TPSA) is 160 Å². The maximum Gasteiger partial charge on any atom is 0.326 e. The fraction of sp³-hybridized carbons (Fsp3) is 0.421. The van der Waals surface area contributed by atoms with Crippen LogP contribution < -0.4 is 21.3 Å². The van der Waals surface area contributed by atoms with Crippen molar-refractivity contribution in [1.29, 1.82) is 0 Å². The minimum Gasteiger partial charge on any atom is -0.480 e. The lowest BCUT2D eigenvalue weighted by atomic mass is 10.0. The lowest BCUT2D eigenvalue weighted by Gasteiger charge is -2.25. The van der Waals surface area contributed by atoms with E-state index >= 15 is 0 Å². The Hall–Kier alpha value is -3.63. The van der Waals surface area contributed by atoms with Gasteiger partial charge in [-0.15, -0.1) is 0 Å². The first-order valence-electron chi connectivity index (χ1n) is 9.53. The third kappa shape index (κ3) is 4.19. The molecule has 160 valence electrons. The third-order valence-corrected chi connectivity index (χ3v) is 4.92. The highest BCUT2D eigenvalue weighted by Crippen LogP contribution is 2.27. The van der Waals surface area contributed by atoms with E-state index < -0.39 is 42.3 Å². The number of nitrogens with zero attached hydrogens (tertiary/aromatic N) is 3. The third-order valence-electron chi connectivity index (χ3n) is 4.92. The van der Waals surface area contributed by atoms with Crippen LogP contribution in [0.15, 0.2) is 24.3 Å². The van der Waals surface area contributed by atoms with Crippen LogP contribution in [0.1, 0.15) is 20.3 Å². The number of benzene rings is 1. The van der Waals surface area contributed by atoms with Crippen molar-refractivity contribution in [3.8, 4) is 0 Å². The molecule has 1 aromatic heterocycles. The van der Waals surface area contributed by atoms with Crippen molar-refractivity contribution in [3.63, 3.8) is 0 Å². The van der Waals surface area contributed by atoms with Crippen molar-refractivity contribution in [1.82, 2.24) is 20.2 Å². The number of rotatable bonds is 7. The number of nitrogens with one attached hydrogen (secondary N) is 2. The number of para-hydroxylation sites is 2. The number of carboxylic acids is 1. The van der Waals surface area contributed by atoms with Gasteiger partial charge in [0.1, 0.15) is 12.1 Å². The zero-order valence-corrected chi connectivity index (χ0v) is 16.7. The molecule has 0 spiro atoms. The lowest BCUT2D eigenvalue weighted by molar-refractivity contribution is -0.143. The Bertz CT molecular complexity index is 1000. The molecule has 1 aliphatic rings. The Morgan fingerprint density at radius 3 is 2.50 bits per heavy atom. The largest absolute Gasteiger partial charge is 0.480 e. The Kier molecular flexibility index (Phi) is 5.90. The summed E-state index contributed by atoms with van der Waals surface area (Å²) in [6.45, 7) is 4.40. The van der Waals surface area contributed by atoms with Gasteiger partial charge in [-0.05, 0) is 18.1 Å². The molecule has 11 heteroatoms. The van der Waals surface area contributed by atoms with Crippen LogP contribution in [-0.2, 0) is 20.9 Å². The summed E-state index contributed by atoms with van der Waals surface area (Å²) in [5.41, 5.74) is 6.72. The van der Waals surface area contributed by atoms with Crippen LogP contribution in [0, 0.1) is 5.92 Å². The second-order valence-electron chi connectivity index (χ2n) is 7.44. The molecule has 0 bridgehead atoms. The van der Waals surface area contributed by atoms with Crippen LogP contribution in [0.5, 0.6) is 0 Å². The van der Waals surface area contributed by atoms with Crippen molar-refractivity contribution in [3.05, 3.63) is 24.3 Å². The number of nitrogens with two attached hydrogens (primary N) is 1. The minimum absolute atomic E-state index is 0.335. The molecule has 1 aromatic carbocycles. The van der Waals surface area contributed by atoms with Crippen LogP contribution in [0.25, 0.3) is 11.0 Å². The molecule has 5 N–H and O–H groups in total. The number of aromatic nitrogens is 2. The molecule has 0 saturated heterocycles. The predicted octanol–water partition coefficient (Wildman–Crippen LogP) is 0.0353. The lowest BCUT2D eigenvalue weighted by Crippen LogP contribution is -2.56. The van der Waals surface area contributed by atoms with Gasteiger partial charge in [-0.25, -0.2) is 14.6 Å². The number of carbonyl (C=O) groups is 4. The quantitative estimate of drug-likeness (QED) is 0.498. The van der Waals surface area contributed by atoms with E-state index in [1.807, 2.05) is 28.8 Å². The second-order valence-corrected chi connectivity index (χ2v) is 7.44. The Morgan fingerprint density at radius 2 is 1.87 bits per heavy atom. The van der Waals surface area contributed by atoms with Crippen molar-refractivity contribution in [2.24, 2.45) is 11.7 Å². The van der Waals surface area contributed by atoms with E-state index in [0.717, 1.165) is 11.0 Å². The minimum atomic E-state index is -1.47. The molecule has 0 radical (unpaired) electrons. The number of hydrogen-bond acceptors (Lipinski definition) is 5. The van der Waals surface area contributed by atoms with E-state index in [4.69, 9.17) is 5.73 Å². The van der Waals surface area contributed by atoms with Gasteiger partial charge in [-0.3, -0.25) is 14.5 Å². The summed E-state index contributed by atoms with van der Waals surface area (Å²) in [4.78, 5) is 53.8.